The minimum Gasteiger partial charge on any atom is -0.462 e. The highest BCUT2D eigenvalue weighted by Crippen LogP contribution is 2.47. The summed E-state index contributed by atoms with van der Waals surface area (Å²) < 4.78 is 33.3. The van der Waals surface area contributed by atoms with Gasteiger partial charge in [0, 0.05) is 12.8 Å². The van der Waals surface area contributed by atoms with Gasteiger partial charge in [0.2, 0.25) is 0 Å². The van der Waals surface area contributed by atoms with Crippen LogP contribution in [0, 0.1) is 0 Å². The van der Waals surface area contributed by atoms with E-state index in [4.69, 9.17) is 18.5 Å². The number of ether oxygens (including phenoxy) is 2. The first-order chi connectivity index (χ1) is 33.2. The SMILES string of the molecule is CC/C=C\C[C@@H](O)/C=C/C=C\C=C\[C@@H](O)C/C=C\C/C=C\CCC(=O)OC[C@H](COP(=O)(O)OC1[C@H](O)[C@H](O)C(O)[C@H](O)[C@H]1O)OC(=O)CC/C=C\C/C=C\C/C=C\C/C=C\C/C=C\CCCCC. The number of aliphatic hydroxyl groups is 7. The summed E-state index contributed by atoms with van der Waals surface area (Å²) in [5.41, 5.74) is 0. The molecule has 0 aromatic heterocycles. The van der Waals surface area contributed by atoms with Crippen LogP contribution in [-0.2, 0) is 32.7 Å². The van der Waals surface area contributed by atoms with E-state index in [-0.39, 0.29) is 12.8 Å². The van der Waals surface area contributed by atoms with E-state index < -0.39 is 87.9 Å². The lowest BCUT2D eigenvalue weighted by Gasteiger charge is -2.41. The third-order valence-electron chi connectivity index (χ3n) is 10.2. The second kappa shape index (κ2) is 40.6. The average Bonchev–Trinajstić information content (AvgIpc) is 3.32. The summed E-state index contributed by atoms with van der Waals surface area (Å²) in [5, 5.41) is 70.2. The lowest BCUT2D eigenvalue weighted by molar-refractivity contribution is -0.220. The number of hydrogen-bond donors (Lipinski definition) is 8. The van der Waals surface area contributed by atoms with Gasteiger partial charge in [-0.2, -0.15) is 0 Å². The monoisotopic (exact) mass is 989 g/mol. The van der Waals surface area contributed by atoms with Crippen LogP contribution in [0.15, 0.2) is 134 Å². The van der Waals surface area contributed by atoms with E-state index in [1.165, 1.54) is 19.3 Å². The third kappa shape index (κ3) is 33.2. The molecular weight excluding hydrogens is 908 g/mol. The van der Waals surface area contributed by atoms with E-state index in [1.807, 2.05) is 55.5 Å². The van der Waals surface area contributed by atoms with E-state index in [9.17, 15) is 54.8 Å². The fourth-order valence-corrected chi connectivity index (χ4v) is 7.21. The van der Waals surface area contributed by atoms with Gasteiger partial charge in [-0.15, -0.1) is 0 Å². The van der Waals surface area contributed by atoms with Crippen LogP contribution in [0.5, 0.6) is 0 Å². The van der Waals surface area contributed by atoms with Gasteiger partial charge < -0.3 is 50.1 Å². The van der Waals surface area contributed by atoms with Gasteiger partial charge in [-0.05, 0) is 77.0 Å². The molecule has 0 heterocycles. The summed E-state index contributed by atoms with van der Waals surface area (Å²) in [6, 6.07) is 0. The normalized spacial score (nSPS) is 23.0. The fourth-order valence-electron chi connectivity index (χ4n) is 6.23. The molecule has 10 atom stereocenters. The van der Waals surface area contributed by atoms with Crippen molar-refractivity contribution in [1.29, 1.82) is 0 Å². The van der Waals surface area contributed by atoms with Crippen molar-refractivity contribution in [2.24, 2.45) is 0 Å². The molecule has 388 valence electrons. The first-order valence-electron chi connectivity index (χ1n) is 24.2. The Morgan fingerprint density at radius 2 is 0.971 bits per heavy atom. The molecule has 0 radical (unpaired) electrons. The van der Waals surface area contributed by atoms with Crippen LogP contribution >= 0.6 is 7.82 Å². The number of phosphoric acid groups is 1. The number of rotatable bonds is 37. The van der Waals surface area contributed by atoms with Crippen molar-refractivity contribution in [1.82, 2.24) is 0 Å². The van der Waals surface area contributed by atoms with Gasteiger partial charge >= 0.3 is 19.8 Å². The van der Waals surface area contributed by atoms with Crippen LogP contribution in [-0.4, -0.2) is 121 Å². The molecule has 0 aromatic carbocycles. The Hall–Kier alpha value is -4.09. The van der Waals surface area contributed by atoms with Crippen LogP contribution in [0.25, 0.3) is 0 Å². The summed E-state index contributed by atoms with van der Waals surface area (Å²) >= 11 is 0. The van der Waals surface area contributed by atoms with Crippen molar-refractivity contribution >= 4 is 19.8 Å². The molecular formula is C53H81O15P. The number of unbranched alkanes of at least 4 members (excludes halogenated alkanes) is 3. The third-order valence-corrected chi connectivity index (χ3v) is 11.2. The highest BCUT2D eigenvalue weighted by Gasteiger charge is 2.51. The van der Waals surface area contributed by atoms with Gasteiger partial charge in [-0.1, -0.05) is 160 Å². The number of carbonyl (C=O) groups excluding carboxylic acids is 2. The predicted molar refractivity (Wildman–Crippen MR) is 269 cm³/mol. The van der Waals surface area contributed by atoms with Gasteiger partial charge in [0.05, 0.1) is 18.8 Å². The maximum absolute atomic E-state index is 12.8. The molecule has 8 N–H and O–H groups in total. The van der Waals surface area contributed by atoms with E-state index in [2.05, 4.69) is 43.4 Å². The van der Waals surface area contributed by atoms with E-state index >= 15 is 0 Å². The summed E-state index contributed by atoms with van der Waals surface area (Å²) in [6.07, 6.45) is 38.6. The molecule has 0 saturated heterocycles. The summed E-state index contributed by atoms with van der Waals surface area (Å²) in [6.45, 7) is 2.85. The summed E-state index contributed by atoms with van der Waals surface area (Å²) in [4.78, 5) is 35.7. The topological polar surface area (TPSA) is 250 Å². The van der Waals surface area contributed by atoms with Crippen LogP contribution in [0.2, 0.25) is 0 Å². The Morgan fingerprint density at radius 3 is 1.46 bits per heavy atom. The maximum atomic E-state index is 12.8. The van der Waals surface area contributed by atoms with Gasteiger partial charge in [0.1, 0.15) is 43.2 Å². The van der Waals surface area contributed by atoms with Gasteiger partial charge in [-0.25, -0.2) is 4.57 Å². The van der Waals surface area contributed by atoms with Crippen LogP contribution < -0.4 is 0 Å². The number of esters is 2. The van der Waals surface area contributed by atoms with Gasteiger partial charge in [0.25, 0.3) is 0 Å². The van der Waals surface area contributed by atoms with Crippen LogP contribution in [0.1, 0.15) is 117 Å². The number of phosphoric ester groups is 1. The zero-order valence-electron chi connectivity index (χ0n) is 40.5. The minimum absolute atomic E-state index is 0.0391. The fraction of sp³-hybridized carbons (Fsp3) is 0.547. The van der Waals surface area contributed by atoms with Crippen molar-refractivity contribution in [3.05, 3.63) is 134 Å². The Kier molecular flexibility index (Phi) is 37.0. The second-order valence-corrected chi connectivity index (χ2v) is 17.7. The van der Waals surface area contributed by atoms with E-state index in [1.54, 1.807) is 48.6 Å². The van der Waals surface area contributed by atoms with Crippen molar-refractivity contribution in [2.45, 2.75) is 172 Å². The smallest absolute Gasteiger partial charge is 0.462 e. The molecule has 69 heavy (non-hydrogen) atoms. The summed E-state index contributed by atoms with van der Waals surface area (Å²) in [7, 11) is -5.19. The largest absolute Gasteiger partial charge is 0.472 e. The molecule has 15 nitrogen and oxygen atoms in total. The Bertz CT molecular complexity index is 1740. The van der Waals surface area contributed by atoms with E-state index in [0.717, 1.165) is 32.1 Å². The standard InChI is InChI=1S/C53H81O15P/c1-3-5-7-8-9-10-11-12-13-14-15-16-17-18-19-20-21-26-34-40-47(57)67-45(42-66-69(63,64)68-53-51(61)49(59)48(58)50(60)52(53)62)41-65-46(56)39-33-25-23-22-24-30-36-44(55)38-32-28-27-31-37-43(54)35-29-6-4-2/h6,9-10,12-13,15-16,18-19,21,23-32,37-38,43-45,48-55,58-62H,3-5,7-8,11,14,17,20,22,33-36,39-42H2,1-2H3,(H,63,64)/b10-9-,13-12-,16-15-,19-18-,25-23-,26-21-,28-27-,29-6-,30-24-,37-31+,38-32+/t43-,44+,45-,48?,49-,50+,51-,52-,53?/m1/s1. The molecule has 0 aromatic rings. The molecule has 0 bridgehead atoms. The predicted octanol–water partition coefficient (Wildman–Crippen LogP) is 7.88. The van der Waals surface area contributed by atoms with Crippen molar-refractivity contribution < 1.29 is 73.3 Å². The second-order valence-electron chi connectivity index (χ2n) is 16.3. The molecule has 1 aliphatic carbocycles. The maximum Gasteiger partial charge on any atom is 0.472 e. The highest BCUT2D eigenvalue weighted by atomic mass is 31.2. The lowest BCUT2D eigenvalue weighted by atomic mass is 9.85. The molecule has 0 aliphatic heterocycles. The van der Waals surface area contributed by atoms with Crippen molar-refractivity contribution in [3.8, 4) is 0 Å². The zero-order chi connectivity index (χ0) is 51.0. The minimum atomic E-state index is -5.19. The Labute approximate surface area is 410 Å². The van der Waals surface area contributed by atoms with Gasteiger partial charge in [-0.3, -0.25) is 18.6 Å². The quantitative estimate of drug-likeness (QED) is 0.00969. The molecule has 0 amide bonds. The number of carbonyl (C=O) groups is 2. The molecule has 1 rings (SSSR count). The van der Waals surface area contributed by atoms with Crippen LogP contribution in [0.4, 0.5) is 0 Å². The number of allylic oxidation sites excluding steroid dienone is 18. The van der Waals surface area contributed by atoms with E-state index in [0.29, 0.717) is 38.5 Å². The van der Waals surface area contributed by atoms with Crippen molar-refractivity contribution in [3.63, 3.8) is 0 Å². The molecule has 1 aliphatic rings. The molecule has 0 spiro atoms. The lowest BCUT2D eigenvalue weighted by Crippen LogP contribution is -2.64. The molecule has 16 heteroatoms. The van der Waals surface area contributed by atoms with Crippen LogP contribution in [0.3, 0.4) is 0 Å². The average molecular weight is 989 g/mol. The highest BCUT2D eigenvalue weighted by molar-refractivity contribution is 7.47. The molecule has 3 unspecified atom stereocenters. The summed E-state index contributed by atoms with van der Waals surface area (Å²) in [5.74, 6) is -1.38. The first kappa shape index (κ1) is 62.9. The molecule has 1 saturated carbocycles. The zero-order valence-corrected chi connectivity index (χ0v) is 41.4. The first-order valence-corrected chi connectivity index (χ1v) is 25.7. The Morgan fingerprint density at radius 1 is 0.536 bits per heavy atom. The number of aliphatic hydroxyl groups excluding tert-OH is 7. The van der Waals surface area contributed by atoms with Crippen molar-refractivity contribution in [2.75, 3.05) is 13.2 Å². The molecule has 1 fully saturated rings. The Balaban J connectivity index is 2.61. The van der Waals surface area contributed by atoms with Gasteiger partial charge in [0.15, 0.2) is 6.10 Å². The number of hydrogen-bond acceptors (Lipinski definition) is 14.